The minimum absolute atomic E-state index is 0.570. The Balaban J connectivity index is 1.45. The molecule has 2 fully saturated rings. The molecule has 3 nitrogen and oxygen atoms in total. The average Bonchev–Trinajstić information content (AvgIpc) is 2.68. The highest BCUT2D eigenvalue weighted by atomic mass is 16.5. The molecule has 106 valence electrons. The van der Waals surface area contributed by atoms with Crippen LogP contribution in [0.2, 0.25) is 0 Å². The monoisotopic (exact) mass is 254 g/mol. The van der Waals surface area contributed by atoms with E-state index in [0.717, 1.165) is 19.2 Å². The molecule has 0 spiro atoms. The van der Waals surface area contributed by atoms with Crippen molar-refractivity contribution in [2.24, 2.45) is 0 Å². The maximum Gasteiger partial charge on any atom is 0.0575 e. The quantitative estimate of drug-likeness (QED) is 0.714. The lowest BCUT2D eigenvalue weighted by Crippen LogP contribution is -2.31. The van der Waals surface area contributed by atoms with Gasteiger partial charge in [0.15, 0.2) is 0 Å². The predicted octanol–water partition coefficient (Wildman–Crippen LogP) is 2.46. The topological polar surface area (TPSA) is 33.3 Å². The minimum Gasteiger partial charge on any atom is -0.378 e. The van der Waals surface area contributed by atoms with E-state index in [1.165, 1.54) is 70.9 Å². The summed E-state index contributed by atoms with van der Waals surface area (Å²) in [5.41, 5.74) is 0. The first-order valence-corrected chi connectivity index (χ1v) is 8.01. The van der Waals surface area contributed by atoms with Crippen molar-refractivity contribution in [1.82, 2.24) is 10.6 Å². The molecule has 1 saturated carbocycles. The highest BCUT2D eigenvalue weighted by Crippen LogP contribution is 2.20. The summed E-state index contributed by atoms with van der Waals surface area (Å²) in [4.78, 5) is 0. The highest BCUT2D eigenvalue weighted by Gasteiger charge is 2.13. The maximum absolute atomic E-state index is 5.94. The first kappa shape index (κ1) is 14.3. The Hall–Kier alpha value is -0.120. The van der Waals surface area contributed by atoms with Crippen LogP contribution in [0.5, 0.6) is 0 Å². The summed E-state index contributed by atoms with van der Waals surface area (Å²) in [6.07, 6.45) is 12.4. The Bertz CT molecular complexity index is 197. The maximum atomic E-state index is 5.94. The highest BCUT2D eigenvalue weighted by molar-refractivity contribution is 4.72. The number of ether oxygens (including phenoxy) is 1. The smallest absolute Gasteiger partial charge is 0.0575 e. The summed E-state index contributed by atoms with van der Waals surface area (Å²) in [5.74, 6) is 0. The van der Waals surface area contributed by atoms with Crippen molar-refractivity contribution in [1.29, 1.82) is 0 Å². The molecule has 0 bridgehead atoms. The van der Waals surface area contributed by atoms with E-state index >= 15 is 0 Å². The molecule has 2 rings (SSSR count). The zero-order valence-electron chi connectivity index (χ0n) is 11.8. The van der Waals surface area contributed by atoms with Gasteiger partial charge in [0, 0.05) is 12.6 Å². The van der Waals surface area contributed by atoms with Gasteiger partial charge in [0.25, 0.3) is 0 Å². The standard InChI is InChI=1S/C15H30N2O/c1-2-7-15(8-3-1)18-13-5-11-17-14-6-4-10-16-12-9-14/h14-17H,1-13H2. The number of hydrogen-bond donors (Lipinski definition) is 2. The molecule has 0 aromatic heterocycles. The fourth-order valence-electron chi connectivity index (χ4n) is 3.08. The Kier molecular flexibility index (Phi) is 7.06. The van der Waals surface area contributed by atoms with Crippen molar-refractivity contribution in [3.63, 3.8) is 0 Å². The second-order valence-corrected chi connectivity index (χ2v) is 5.82. The van der Waals surface area contributed by atoms with Gasteiger partial charge in [-0.3, -0.25) is 0 Å². The lowest BCUT2D eigenvalue weighted by Gasteiger charge is -2.22. The van der Waals surface area contributed by atoms with E-state index < -0.39 is 0 Å². The van der Waals surface area contributed by atoms with E-state index in [2.05, 4.69) is 10.6 Å². The summed E-state index contributed by atoms with van der Waals surface area (Å²) < 4.78 is 5.94. The number of nitrogens with one attached hydrogen (secondary N) is 2. The first-order valence-electron chi connectivity index (χ1n) is 8.01. The molecule has 2 aliphatic rings. The van der Waals surface area contributed by atoms with Gasteiger partial charge >= 0.3 is 0 Å². The molecule has 0 amide bonds. The molecule has 2 N–H and O–H groups in total. The molecule has 0 aromatic carbocycles. The van der Waals surface area contributed by atoms with E-state index in [-0.39, 0.29) is 0 Å². The summed E-state index contributed by atoms with van der Waals surface area (Å²) in [6, 6.07) is 0.731. The zero-order valence-corrected chi connectivity index (χ0v) is 11.8. The molecular weight excluding hydrogens is 224 g/mol. The molecule has 1 aliphatic carbocycles. The Labute approximate surface area is 112 Å². The largest absolute Gasteiger partial charge is 0.378 e. The molecule has 1 atom stereocenters. The molecule has 18 heavy (non-hydrogen) atoms. The Morgan fingerprint density at radius 2 is 1.83 bits per heavy atom. The van der Waals surface area contributed by atoms with Gasteiger partial charge in [-0.15, -0.1) is 0 Å². The van der Waals surface area contributed by atoms with Crippen LogP contribution >= 0.6 is 0 Å². The molecular formula is C15H30N2O. The minimum atomic E-state index is 0.570. The second-order valence-electron chi connectivity index (χ2n) is 5.82. The SMILES string of the molecule is C1CCC(OCCCNC2CCCNCC2)CC1. The van der Waals surface area contributed by atoms with Crippen LogP contribution in [-0.2, 0) is 4.74 Å². The van der Waals surface area contributed by atoms with Crippen LogP contribution in [0.3, 0.4) is 0 Å². The fraction of sp³-hybridized carbons (Fsp3) is 1.00. The van der Waals surface area contributed by atoms with Gasteiger partial charge in [-0.25, -0.2) is 0 Å². The van der Waals surface area contributed by atoms with Crippen molar-refractivity contribution >= 4 is 0 Å². The third kappa shape index (κ3) is 5.68. The molecule has 3 heteroatoms. The van der Waals surface area contributed by atoms with Gasteiger partial charge < -0.3 is 15.4 Å². The summed E-state index contributed by atoms with van der Waals surface area (Å²) in [5, 5.41) is 7.14. The number of rotatable bonds is 6. The number of hydrogen-bond acceptors (Lipinski definition) is 3. The summed E-state index contributed by atoms with van der Waals surface area (Å²) in [6.45, 7) is 4.44. The van der Waals surface area contributed by atoms with Crippen molar-refractivity contribution < 1.29 is 4.74 Å². The van der Waals surface area contributed by atoms with Crippen molar-refractivity contribution in [2.45, 2.75) is 69.9 Å². The van der Waals surface area contributed by atoms with Gasteiger partial charge in [0.1, 0.15) is 0 Å². The van der Waals surface area contributed by atoms with E-state index in [4.69, 9.17) is 4.74 Å². The van der Waals surface area contributed by atoms with Crippen molar-refractivity contribution in [3.05, 3.63) is 0 Å². The van der Waals surface area contributed by atoms with E-state index in [9.17, 15) is 0 Å². The molecule has 1 unspecified atom stereocenters. The summed E-state index contributed by atoms with van der Waals surface area (Å²) >= 11 is 0. The van der Waals surface area contributed by atoms with E-state index in [1.54, 1.807) is 0 Å². The zero-order chi connectivity index (χ0) is 12.5. The van der Waals surface area contributed by atoms with Crippen LogP contribution in [0.4, 0.5) is 0 Å². The summed E-state index contributed by atoms with van der Waals surface area (Å²) in [7, 11) is 0. The Morgan fingerprint density at radius 1 is 0.944 bits per heavy atom. The van der Waals surface area contributed by atoms with Gasteiger partial charge in [-0.05, 0) is 58.2 Å². The van der Waals surface area contributed by atoms with Gasteiger partial charge in [-0.1, -0.05) is 19.3 Å². The third-order valence-corrected chi connectivity index (χ3v) is 4.24. The van der Waals surface area contributed by atoms with Crippen LogP contribution in [-0.4, -0.2) is 38.4 Å². The van der Waals surface area contributed by atoms with Crippen molar-refractivity contribution in [2.75, 3.05) is 26.2 Å². The molecule has 1 heterocycles. The average molecular weight is 254 g/mol. The molecule has 0 radical (unpaired) electrons. The van der Waals surface area contributed by atoms with Gasteiger partial charge in [0.05, 0.1) is 6.10 Å². The lowest BCUT2D eigenvalue weighted by molar-refractivity contribution is 0.0270. The van der Waals surface area contributed by atoms with Crippen LogP contribution in [0.1, 0.15) is 57.8 Å². The fourth-order valence-corrected chi connectivity index (χ4v) is 3.08. The van der Waals surface area contributed by atoms with E-state index in [0.29, 0.717) is 6.10 Å². The van der Waals surface area contributed by atoms with Crippen LogP contribution < -0.4 is 10.6 Å². The first-order chi connectivity index (χ1) is 8.95. The van der Waals surface area contributed by atoms with Crippen LogP contribution in [0, 0.1) is 0 Å². The predicted molar refractivity (Wildman–Crippen MR) is 76.0 cm³/mol. The second kappa shape index (κ2) is 8.89. The normalized spacial score (nSPS) is 27.0. The van der Waals surface area contributed by atoms with Gasteiger partial charge in [0.2, 0.25) is 0 Å². The molecule has 0 aromatic rings. The van der Waals surface area contributed by atoms with Crippen LogP contribution in [0.15, 0.2) is 0 Å². The van der Waals surface area contributed by atoms with E-state index in [1.807, 2.05) is 0 Å². The molecule has 1 aliphatic heterocycles. The lowest BCUT2D eigenvalue weighted by atomic mass is 9.98. The van der Waals surface area contributed by atoms with Crippen molar-refractivity contribution in [3.8, 4) is 0 Å². The third-order valence-electron chi connectivity index (χ3n) is 4.24. The Morgan fingerprint density at radius 3 is 2.72 bits per heavy atom. The van der Waals surface area contributed by atoms with Gasteiger partial charge in [-0.2, -0.15) is 0 Å². The molecule has 1 saturated heterocycles. The van der Waals surface area contributed by atoms with Crippen LogP contribution in [0.25, 0.3) is 0 Å².